The number of hydrogen-bond acceptors (Lipinski definition) is 0. The van der Waals surface area contributed by atoms with Crippen molar-refractivity contribution in [2.45, 2.75) is 12.4 Å². The Labute approximate surface area is 66.0 Å². The lowest BCUT2D eigenvalue weighted by Gasteiger charge is -2.05. The molecule has 0 aliphatic heterocycles. The maximum absolute atomic E-state index is 11.4. The van der Waals surface area contributed by atoms with Crippen LogP contribution in [0.5, 0.6) is 0 Å². The van der Waals surface area contributed by atoms with Crippen LogP contribution >= 0.6 is 15.9 Å². The van der Waals surface area contributed by atoms with E-state index in [0.717, 1.165) is 0 Å². The molecule has 0 N–H and O–H groups in total. The molecule has 0 aromatic rings. The maximum atomic E-state index is 11.4. The topological polar surface area (TPSA) is 0 Å². The minimum atomic E-state index is -4.98. The lowest BCUT2D eigenvalue weighted by atomic mass is 10.5. The minimum absolute atomic E-state index is 0.854. The lowest BCUT2D eigenvalue weighted by molar-refractivity contribution is -0.100. The molecule has 66 valence electrons. The van der Waals surface area contributed by atoms with Gasteiger partial charge in [-0.1, -0.05) is 0 Å². The van der Waals surface area contributed by atoms with Crippen LogP contribution in [0.2, 0.25) is 0 Å². The SMILES string of the molecule is FC(F)(F)/C=C(\Br)C(F)(F)F. The quantitative estimate of drug-likeness (QED) is 0.572. The summed E-state index contributed by atoms with van der Waals surface area (Å²) in [5, 5.41) is 0. The summed E-state index contributed by atoms with van der Waals surface area (Å²) in [6, 6.07) is 0. The molecule has 0 radical (unpaired) electrons. The summed E-state index contributed by atoms with van der Waals surface area (Å²) in [6.45, 7) is 0. The monoisotopic (exact) mass is 242 g/mol. The summed E-state index contributed by atoms with van der Waals surface area (Å²) in [5.41, 5.74) is 0. The van der Waals surface area contributed by atoms with Crippen molar-refractivity contribution in [1.82, 2.24) is 0 Å². The third-order valence-electron chi connectivity index (χ3n) is 0.561. The number of hydrogen-bond donors (Lipinski definition) is 0. The van der Waals surface area contributed by atoms with E-state index in [-0.39, 0.29) is 0 Å². The molecule has 0 aliphatic carbocycles. The van der Waals surface area contributed by atoms with Crippen molar-refractivity contribution in [3.05, 3.63) is 10.6 Å². The molecule has 0 aliphatic rings. The normalized spacial score (nSPS) is 15.4. The molecule has 0 rings (SSSR count). The molecule has 0 atom stereocenters. The van der Waals surface area contributed by atoms with Crippen molar-refractivity contribution >= 4 is 15.9 Å². The van der Waals surface area contributed by atoms with E-state index >= 15 is 0 Å². The summed E-state index contributed by atoms with van der Waals surface area (Å²) in [4.78, 5) is 0. The Hall–Kier alpha value is -0.200. The lowest BCUT2D eigenvalue weighted by Crippen LogP contribution is -2.11. The van der Waals surface area contributed by atoms with Gasteiger partial charge in [-0.2, -0.15) is 26.3 Å². The number of rotatable bonds is 0. The Balaban J connectivity index is 4.49. The highest BCUT2D eigenvalue weighted by Crippen LogP contribution is 2.33. The fraction of sp³-hybridized carbons (Fsp3) is 0.500. The molecule has 0 aromatic heterocycles. The summed E-state index contributed by atoms with van der Waals surface area (Å²) in [6.07, 6.45) is -10.8. The van der Waals surface area contributed by atoms with E-state index in [4.69, 9.17) is 0 Å². The van der Waals surface area contributed by atoms with Crippen LogP contribution < -0.4 is 0 Å². The van der Waals surface area contributed by atoms with Crippen LogP contribution in [-0.2, 0) is 0 Å². The highest BCUT2D eigenvalue weighted by Gasteiger charge is 2.36. The van der Waals surface area contributed by atoms with E-state index in [0.29, 0.717) is 0 Å². The molecule has 0 amide bonds. The summed E-state index contributed by atoms with van der Waals surface area (Å²) in [7, 11) is 0. The van der Waals surface area contributed by atoms with Crippen molar-refractivity contribution in [3.8, 4) is 0 Å². The van der Waals surface area contributed by atoms with Crippen molar-refractivity contribution in [1.29, 1.82) is 0 Å². The molecular formula is C4HBrF6. The molecule has 0 heterocycles. The first-order chi connectivity index (χ1) is 4.63. The van der Waals surface area contributed by atoms with Gasteiger partial charge in [-0.25, -0.2) is 0 Å². The molecule has 11 heavy (non-hydrogen) atoms. The second-order valence-corrected chi connectivity index (χ2v) is 2.39. The van der Waals surface area contributed by atoms with E-state index in [9.17, 15) is 26.3 Å². The molecule has 0 spiro atoms. The maximum Gasteiger partial charge on any atom is 0.422 e. The molecular weight excluding hydrogens is 242 g/mol. The molecule has 0 saturated heterocycles. The summed E-state index contributed by atoms with van der Waals surface area (Å²) >= 11 is 1.75. The highest BCUT2D eigenvalue weighted by molar-refractivity contribution is 9.11. The predicted octanol–water partition coefficient (Wildman–Crippen LogP) is 3.39. The van der Waals surface area contributed by atoms with E-state index < -0.39 is 22.9 Å². The van der Waals surface area contributed by atoms with E-state index in [2.05, 4.69) is 0 Å². The Morgan fingerprint density at radius 3 is 1.45 bits per heavy atom. The van der Waals surface area contributed by atoms with Gasteiger partial charge in [0.2, 0.25) is 0 Å². The third-order valence-corrected chi connectivity index (χ3v) is 1.24. The zero-order valence-electron chi connectivity index (χ0n) is 4.72. The van der Waals surface area contributed by atoms with Gasteiger partial charge in [0.1, 0.15) is 4.48 Å². The van der Waals surface area contributed by atoms with Crippen molar-refractivity contribution in [2.75, 3.05) is 0 Å². The van der Waals surface area contributed by atoms with Gasteiger partial charge in [0.25, 0.3) is 0 Å². The van der Waals surface area contributed by atoms with Gasteiger partial charge >= 0.3 is 12.4 Å². The van der Waals surface area contributed by atoms with Gasteiger partial charge in [0.15, 0.2) is 0 Å². The van der Waals surface area contributed by atoms with Crippen LogP contribution in [0.1, 0.15) is 0 Å². The third kappa shape index (κ3) is 5.11. The number of allylic oxidation sites excluding steroid dienone is 2. The van der Waals surface area contributed by atoms with E-state index in [1.807, 2.05) is 0 Å². The molecule has 0 fully saturated rings. The summed E-state index contributed by atoms with van der Waals surface area (Å²) < 4.78 is 65.9. The van der Waals surface area contributed by atoms with Gasteiger partial charge in [-0.05, 0) is 15.9 Å². The van der Waals surface area contributed by atoms with Gasteiger partial charge < -0.3 is 0 Å². The molecule has 0 aromatic carbocycles. The predicted molar refractivity (Wildman–Crippen MR) is 29.1 cm³/mol. The second-order valence-electron chi connectivity index (χ2n) is 1.53. The van der Waals surface area contributed by atoms with Crippen LogP contribution in [0.25, 0.3) is 0 Å². The smallest absolute Gasteiger partial charge is 0.167 e. The fourth-order valence-corrected chi connectivity index (χ4v) is 0.485. The van der Waals surface area contributed by atoms with Gasteiger partial charge in [-0.15, -0.1) is 0 Å². The van der Waals surface area contributed by atoms with Crippen molar-refractivity contribution in [2.24, 2.45) is 0 Å². The van der Waals surface area contributed by atoms with E-state index in [1.54, 1.807) is 15.9 Å². The van der Waals surface area contributed by atoms with Gasteiger partial charge in [-0.3, -0.25) is 0 Å². The van der Waals surface area contributed by atoms with Crippen LogP contribution in [0.15, 0.2) is 10.6 Å². The summed E-state index contributed by atoms with van der Waals surface area (Å²) in [5.74, 6) is 0. The first-order valence-electron chi connectivity index (χ1n) is 2.15. The van der Waals surface area contributed by atoms with Crippen molar-refractivity contribution in [3.63, 3.8) is 0 Å². The molecule has 7 heteroatoms. The van der Waals surface area contributed by atoms with Crippen molar-refractivity contribution < 1.29 is 26.3 Å². The Morgan fingerprint density at radius 2 is 1.36 bits per heavy atom. The zero-order chi connectivity index (χ0) is 9.28. The second kappa shape index (κ2) is 3.04. The minimum Gasteiger partial charge on any atom is -0.167 e. The van der Waals surface area contributed by atoms with E-state index in [1.165, 1.54) is 0 Å². The average molecular weight is 243 g/mol. The van der Waals surface area contributed by atoms with Gasteiger partial charge in [0.05, 0.1) is 0 Å². The van der Waals surface area contributed by atoms with Gasteiger partial charge in [0, 0.05) is 6.08 Å². The number of halogens is 7. The Bertz CT molecular complexity index is 162. The van der Waals surface area contributed by atoms with Crippen LogP contribution in [0, 0.1) is 0 Å². The van der Waals surface area contributed by atoms with Crippen LogP contribution in [0.3, 0.4) is 0 Å². The molecule has 0 saturated carbocycles. The largest absolute Gasteiger partial charge is 0.422 e. The zero-order valence-corrected chi connectivity index (χ0v) is 6.31. The molecule has 0 nitrogen and oxygen atoms in total. The fourth-order valence-electron chi connectivity index (χ4n) is 0.226. The Morgan fingerprint density at radius 1 is 1.00 bits per heavy atom. The molecule has 0 unspecified atom stereocenters. The standard InChI is InChI=1S/C4HBrF6/c5-2(4(9,10)11)1-3(6,7)8/h1H/b2-1-. The van der Waals surface area contributed by atoms with Crippen LogP contribution in [0.4, 0.5) is 26.3 Å². The first kappa shape index (κ1) is 10.8. The molecule has 0 bridgehead atoms. The highest BCUT2D eigenvalue weighted by atomic mass is 79.9. The first-order valence-corrected chi connectivity index (χ1v) is 2.94. The number of alkyl halides is 6. The Kier molecular flexibility index (Phi) is 2.98. The van der Waals surface area contributed by atoms with Crippen LogP contribution in [-0.4, -0.2) is 12.4 Å². The average Bonchev–Trinajstić information content (AvgIpc) is 1.56.